The molecule has 17 heavy (non-hydrogen) atoms. The average Bonchev–Trinajstić information content (AvgIpc) is 3.21. The Labute approximate surface area is 101 Å². The molecule has 0 unspecified atom stereocenters. The standard InChI is InChI=1S/C14H16N2O/c1-16(12-6-7-12)14-13-5-3-2-4-10(13)8-11(9-17)15-14/h2-5,8,12,17H,6-7,9H2,1H3. The van der Waals surface area contributed by atoms with Crippen molar-refractivity contribution in [3.63, 3.8) is 0 Å². The van der Waals surface area contributed by atoms with Gasteiger partial charge in [-0.05, 0) is 24.3 Å². The molecule has 0 saturated heterocycles. The van der Waals surface area contributed by atoms with Gasteiger partial charge in [0.1, 0.15) is 5.82 Å². The van der Waals surface area contributed by atoms with E-state index in [1.807, 2.05) is 18.2 Å². The summed E-state index contributed by atoms with van der Waals surface area (Å²) in [5.74, 6) is 0.995. The fourth-order valence-electron chi connectivity index (χ4n) is 2.22. The summed E-state index contributed by atoms with van der Waals surface area (Å²) in [6.45, 7) is -0.00363. The third-order valence-electron chi connectivity index (χ3n) is 3.36. The molecule has 1 aliphatic rings. The molecule has 88 valence electrons. The zero-order valence-electron chi connectivity index (χ0n) is 9.93. The minimum absolute atomic E-state index is 0.00363. The third-order valence-corrected chi connectivity index (χ3v) is 3.36. The number of hydrogen-bond acceptors (Lipinski definition) is 3. The predicted molar refractivity (Wildman–Crippen MR) is 69.1 cm³/mol. The number of pyridine rings is 1. The maximum absolute atomic E-state index is 9.28. The van der Waals surface area contributed by atoms with E-state index in [9.17, 15) is 5.11 Å². The minimum Gasteiger partial charge on any atom is -0.390 e. The number of anilines is 1. The molecule has 3 heteroatoms. The summed E-state index contributed by atoms with van der Waals surface area (Å²) in [4.78, 5) is 6.79. The molecule has 0 spiro atoms. The second kappa shape index (κ2) is 4.00. The van der Waals surface area contributed by atoms with Crippen LogP contribution in [0.15, 0.2) is 30.3 Å². The summed E-state index contributed by atoms with van der Waals surface area (Å²) in [5.41, 5.74) is 0.742. The molecule has 0 amide bonds. The Morgan fingerprint density at radius 1 is 1.35 bits per heavy atom. The lowest BCUT2D eigenvalue weighted by molar-refractivity contribution is 0.277. The normalized spacial score (nSPS) is 15.2. The summed E-state index contributed by atoms with van der Waals surface area (Å²) >= 11 is 0. The van der Waals surface area contributed by atoms with Crippen LogP contribution in [0, 0.1) is 0 Å². The second-order valence-electron chi connectivity index (χ2n) is 4.66. The van der Waals surface area contributed by atoms with Gasteiger partial charge in [-0.2, -0.15) is 0 Å². The van der Waals surface area contributed by atoms with Crippen LogP contribution in [0.1, 0.15) is 18.5 Å². The second-order valence-corrected chi connectivity index (χ2v) is 4.66. The van der Waals surface area contributed by atoms with E-state index >= 15 is 0 Å². The molecule has 2 aromatic rings. The predicted octanol–water partition coefficient (Wildman–Crippen LogP) is 2.33. The van der Waals surface area contributed by atoms with Gasteiger partial charge in [-0.15, -0.1) is 0 Å². The molecule has 1 fully saturated rings. The highest BCUT2D eigenvalue weighted by atomic mass is 16.3. The maximum atomic E-state index is 9.28. The summed E-state index contributed by atoms with van der Waals surface area (Å²) in [7, 11) is 2.09. The lowest BCUT2D eigenvalue weighted by Gasteiger charge is -2.20. The van der Waals surface area contributed by atoms with E-state index in [2.05, 4.69) is 29.1 Å². The van der Waals surface area contributed by atoms with Gasteiger partial charge in [-0.1, -0.05) is 24.3 Å². The van der Waals surface area contributed by atoms with E-state index < -0.39 is 0 Å². The van der Waals surface area contributed by atoms with E-state index in [1.165, 1.54) is 18.2 Å². The monoisotopic (exact) mass is 228 g/mol. The first-order valence-corrected chi connectivity index (χ1v) is 6.02. The molecule has 0 bridgehead atoms. The summed E-state index contributed by atoms with van der Waals surface area (Å²) in [6.07, 6.45) is 2.49. The Hall–Kier alpha value is -1.61. The number of hydrogen-bond donors (Lipinski definition) is 1. The molecular formula is C14H16N2O. The van der Waals surface area contributed by atoms with Crippen LogP contribution in [-0.4, -0.2) is 23.2 Å². The molecule has 0 aliphatic heterocycles. The van der Waals surface area contributed by atoms with Crippen LogP contribution < -0.4 is 4.90 Å². The number of aliphatic hydroxyl groups excluding tert-OH is 1. The Morgan fingerprint density at radius 2 is 2.12 bits per heavy atom. The van der Waals surface area contributed by atoms with Crippen LogP contribution in [0.25, 0.3) is 10.8 Å². The lowest BCUT2D eigenvalue weighted by atomic mass is 10.1. The average molecular weight is 228 g/mol. The molecule has 3 rings (SSSR count). The molecule has 1 saturated carbocycles. The topological polar surface area (TPSA) is 36.4 Å². The van der Waals surface area contributed by atoms with Gasteiger partial charge in [-0.25, -0.2) is 4.98 Å². The van der Waals surface area contributed by atoms with Gasteiger partial charge >= 0.3 is 0 Å². The lowest BCUT2D eigenvalue weighted by Crippen LogP contribution is -2.21. The summed E-state index contributed by atoms with van der Waals surface area (Å²) in [6, 6.07) is 10.8. The van der Waals surface area contributed by atoms with Crippen LogP contribution in [0.2, 0.25) is 0 Å². The summed E-state index contributed by atoms with van der Waals surface area (Å²) < 4.78 is 0. The first-order valence-electron chi connectivity index (χ1n) is 6.02. The van der Waals surface area contributed by atoms with Crippen molar-refractivity contribution in [3.8, 4) is 0 Å². The van der Waals surface area contributed by atoms with Gasteiger partial charge in [0.25, 0.3) is 0 Å². The van der Waals surface area contributed by atoms with Crippen LogP contribution >= 0.6 is 0 Å². The van der Waals surface area contributed by atoms with Gasteiger partial charge in [-0.3, -0.25) is 0 Å². The molecule has 1 aliphatic carbocycles. The number of benzene rings is 1. The van der Waals surface area contributed by atoms with E-state index in [-0.39, 0.29) is 6.61 Å². The van der Waals surface area contributed by atoms with Gasteiger partial charge < -0.3 is 10.0 Å². The van der Waals surface area contributed by atoms with Crippen molar-refractivity contribution in [1.29, 1.82) is 0 Å². The molecule has 1 heterocycles. The van der Waals surface area contributed by atoms with Gasteiger partial charge in [0.05, 0.1) is 12.3 Å². The molecule has 0 atom stereocenters. The molecule has 0 radical (unpaired) electrons. The molecule has 1 aromatic carbocycles. The van der Waals surface area contributed by atoms with Crippen molar-refractivity contribution < 1.29 is 5.11 Å². The smallest absolute Gasteiger partial charge is 0.136 e. The van der Waals surface area contributed by atoms with E-state index in [0.29, 0.717) is 6.04 Å². The molecular weight excluding hydrogens is 212 g/mol. The van der Waals surface area contributed by atoms with Crippen LogP contribution in [0.5, 0.6) is 0 Å². The first kappa shape index (κ1) is 10.5. The molecule has 1 N–H and O–H groups in total. The van der Waals surface area contributed by atoms with Crippen molar-refractivity contribution in [3.05, 3.63) is 36.0 Å². The molecule has 1 aromatic heterocycles. The SMILES string of the molecule is CN(c1nc(CO)cc2ccccc12)C1CC1. The van der Waals surface area contributed by atoms with E-state index in [1.54, 1.807) is 0 Å². The zero-order chi connectivity index (χ0) is 11.8. The highest BCUT2D eigenvalue weighted by Crippen LogP contribution is 2.33. The maximum Gasteiger partial charge on any atom is 0.136 e. The van der Waals surface area contributed by atoms with Gasteiger partial charge in [0, 0.05) is 18.5 Å². The first-order chi connectivity index (χ1) is 8.29. The van der Waals surface area contributed by atoms with Gasteiger partial charge in [0.15, 0.2) is 0 Å². The number of aliphatic hydroxyl groups is 1. The fraction of sp³-hybridized carbons (Fsp3) is 0.357. The quantitative estimate of drug-likeness (QED) is 0.876. The number of aromatic nitrogens is 1. The number of nitrogens with zero attached hydrogens (tertiary/aromatic N) is 2. The van der Waals surface area contributed by atoms with Crippen molar-refractivity contribution in [1.82, 2.24) is 4.98 Å². The van der Waals surface area contributed by atoms with Crippen LogP contribution in [-0.2, 0) is 6.61 Å². The largest absolute Gasteiger partial charge is 0.390 e. The van der Waals surface area contributed by atoms with E-state index in [0.717, 1.165) is 16.9 Å². The Morgan fingerprint density at radius 3 is 2.82 bits per heavy atom. The van der Waals surface area contributed by atoms with Crippen LogP contribution in [0.4, 0.5) is 5.82 Å². The van der Waals surface area contributed by atoms with Gasteiger partial charge in [0.2, 0.25) is 0 Å². The van der Waals surface area contributed by atoms with Crippen molar-refractivity contribution in [2.45, 2.75) is 25.5 Å². The number of fused-ring (bicyclic) bond motifs is 1. The highest BCUT2D eigenvalue weighted by molar-refractivity contribution is 5.92. The van der Waals surface area contributed by atoms with Crippen molar-refractivity contribution >= 4 is 16.6 Å². The Kier molecular flexibility index (Phi) is 2.48. The third kappa shape index (κ3) is 1.87. The number of rotatable bonds is 3. The highest BCUT2D eigenvalue weighted by Gasteiger charge is 2.28. The Bertz CT molecular complexity index is 549. The Balaban J connectivity index is 2.18. The zero-order valence-corrected chi connectivity index (χ0v) is 9.93. The van der Waals surface area contributed by atoms with Crippen LogP contribution in [0.3, 0.4) is 0 Å². The summed E-state index contributed by atoms with van der Waals surface area (Å²) in [5, 5.41) is 11.6. The minimum atomic E-state index is -0.00363. The van der Waals surface area contributed by atoms with E-state index in [4.69, 9.17) is 0 Å². The fourth-order valence-corrected chi connectivity index (χ4v) is 2.22. The van der Waals surface area contributed by atoms with Crippen molar-refractivity contribution in [2.24, 2.45) is 0 Å². The van der Waals surface area contributed by atoms with Crippen molar-refractivity contribution in [2.75, 3.05) is 11.9 Å². The molecule has 3 nitrogen and oxygen atoms in total.